The van der Waals surface area contributed by atoms with E-state index < -0.39 is 12.0 Å². The summed E-state index contributed by atoms with van der Waals surface area (Å²) < 4.78 is 0. The number of benzene rings is 1. The van der Waals surface area contributed by atoms with Crippen molar-refractivity contribution < 1.29 is 15.0 Å². The zero-order valence-electron chi connectivity index (χ0n) is 12.6. The van der Waals surface area contributed by atoms with Gasteiger partial charge in [0.25, 0.3) is 0 Å². The van der Waals surface area contributed by atoms with Gasteiger partial charge in [0.15, 0.2) is 0 Å². The van der Waals surface area contributed by atoms with Crippen LogP contribution in [-0.2, 0) is 4.79 Å². The lowest BCUT2D eigenvalue weighted by Gasteiger charge is -2.30. The molecule has 0 amide bonds. The van der Waals surface area contributed by atoms with E-state index in [0.29, 0.717) is 6.54 Å². The quantitative estimate of drug-likeness (QED) is 0.691. The molecule has 7 heteroatoms. The number of aliphatic carboxylic acids is 1. The van der Waals surface area contributed by atoms with Gasteiger partial charge in [-0.1, -0.05) is 12.1 Å². The van der Waals surface area contributed by atoms with Crippen LogP contribution in [0.4, 0.5) is 0 Å². The van der Waals surface area contributed by atoms with Crippen molar-refractivity contribution in [1.29, 1.82) is 0 Å². The third-order valence-electron chi connectivity index (χ3n) is 3.61. The summed E-state index contributed by atoms with van der Waals surface area (Å²) in [6.07, 6.45) is 0. The molecule has 0 saturated carbocycles. The lowest BCUT2D eigenvalue weighted by Crippen LogP contribution is -2.47. The van der Waals surface area contributed by atoms with Crippen molar-refractivity contribution >= 4 is 35.4 Å². The summed E-state index contributed by atoms with van der Waals surface area (Å²) in [6.45, 7) is 2.52. The largest absolute Gasteiger partial charge is 0.507 e. The number of thioether (sulfide) groups is 1. The van der Waals surface area contributed by atoms with Crippen molar-refractivity contribution in [3.63, 3.8) is 0 Å². The monoisotopic (exact) mass is 340 g/mol. The molecule has 1 aliphatic rings. The van der Waals surface area contributed by atoms with E-state index in [0.717, 1.165) is 16.4 Å². The van der Waals surface area contributed by atoms with Crippen LogP contribution in [0.1, 0.15) is 12.5 Å². The Hall–Kier alpha value is -1.18. The SMILES string of the molecule is CN(CC1(C)CSC(c2ccccc2O)=N1)[C@@H](CS)C(=O)O. The number of phenolic OH excluding ortho intramolecular Hbond substituents is 1. The molecular weight excluding hydrogens is 320 g/mol. The van der Waals surface area contributed by atoms with Gasteiger partial charge in [0.2, 0.25) is 0 Å². The third-order valence-corrected chi connectivity index (χ3v) is 5.30. The van der Waals surface area contributed by atoms with Gasteiger partial charge in [-0.3, -0.25) is 14.7 Å². The Morgan fingerprint density at radius 1 is 1.55 bits per heavy atom. The molecule has 2 N–H and O–H groups in total. The fourth-order valence-corrected chi connectivity index (χ4v) is 4.11. The second kappa shape index (κ2) is 6.93. The van der Waals surface area contributed by atoms with Gasteiger partial charge >= 0.3 is 5.97 Å². The number of carbonyl (C=O) groups is 1. The van der Waals surface area contributed by atoms with Crippen LogP contribution in [0.15, 0.2) is 29.3 Å². The number of likely N-dealkylation sites (N-methyl/N-ethyl adjacent to an activating group) is 1. The molecule has 0 aliphatic carbocycles. The van der Waals surface area contributed by atoms with Gasteiger partial charge in [-0.05, 0) is 26.1 Å². The van der Waals surface area contributed by atoms with Crippen LogP contribution in [0, 0.1) is 0 Å². The summed E-state index contributed by atoms with van der Waals surface area (Å²) in [4.78, 5) is 17.7. The Labute approximate surface area is 139 Å². The van der Waals surface area contributed by atoms with Crippen molar-refractivity contribution in [3.05, 3.63) is 29.8 Å². The molecule has 1 unspecified atom stereocenters. The first kappa shape index (κ1) is 17.2. The number of thiol groups is 1. The predicted octanol–water partition coefficient (Wildman–Crippen LogP) is 1.96. The maximum absolute atomic E-state index is 11.2. The smallest absolute Gasteiger partial charge is 0.321 e. The van der Waals surface area contributed by atoms with E-state index >= 15 is 0 Å². The Morgan fingerprint density at radius 3 is 2.82 bits per heavy atom. The molecule has 22 heavy (non-hydrogen) atoms. The van der Waals surface area contributed by atoms with E-state index in [9.17, 15) is 15.0 Å². The highest BCUT2D eigenvalue weighted by Crippen LogP contribution is 2.34. The molecular formula is C15H20N2O3S2. The molecule has 1 aromatic carbocycles. The Morgan fingerprint density at radius 2 is 2.23 bits per heavy atom. The molecule has 2 rings (SSSR count). The molecule has 0 radical (unpaired) electrons. The zero-order valence-corrected chi connectivity index (χ0v) is 14.3. The standard InChI is InChI=1S/C15H20N2O3S2/c1-15(8-17(2)11(7-21)14(19)20)9-22-13(16-15)10-5-3-4-6-12(10)18/h3-6,11,18,21H,7-9H2,1-2H3,(H,19,20)/t11-,15?/m0/s1. The number of carboxylic acids is 1. The van der Waals surface area contributed by atoms with Crippen molar-refractivity contribution in [3.8, 4) is 5.75 Å². The van der Waals surface area contributed by atoms with Crippen molar-refractivity contribution in [2.24, 2.45) is 4.99 Å². The minimum absolute atomic E-state index is 0.213. The average Bonchev–Trinajstić information content (AvgIpc) is 2.81. The maximum atomic E-state index is 11.2. The number of aliphatic imine (C=N–C) groups is 1. The maximum Gasteiger partial charge on any atom is 0.321 e. The van der Waals surface area contributed by atoms with Crippen LogP contribution in [-0.4, -0.2) is 62.8 Å². The number of aromatic hydroxyl groups is 1. The number of para-hydroxylation sites is 1. The Bertz CT molecular complexity index is 594. The van der Waals surface area contributed by atoms with Gasteiger partial charge < -0.3 is 10.2 Å². The van der Waals surface area contributed by atoms with E-state index in [1.165, 1.54) is 0 Å². The molecule has 0 aromatic heterocycles. The number of hydrogen-bond acceptors (Lipinski definition) is 6. The van der Waals surface area contributed by atoms with Gasteiger partial charge in [-0.15, -0.1) is 11.8 Å². The van der Waals surface area contributed by atoms with E-state index in [1.807, 2.05) is 19.1 Å². The van der Waals surface area contributed by atoms with E-state index in [4.69, 9.17) is 4.99 Å². The molecule has 1 heterocycles. The van der Waals surface area contributed by atoms with Crippen LogP contribution in [0.3, 0.4) is 0 Å². The summed E-state index contributed by atoms with van der Waals surface area (Å²) in [5, 5.41) is 19.9. The zero-order chi connectivity index (χ0) is 16.3. The summed E-state index contributed by atoms with van der Waals surface area (Å²) in [6, 6.07) is 6.48. The molecule has 0 fully saturated rings. The molecule has 0 spiro atoms. The number of hydrogen-bond donors (Lipinski definition) is 3. The molecule has 0 bridgehead atoms. The first-order chi connectivity index (χ1) is 10.4. The van der Waals surface area contributed by atoms with Crippen LogP contribution < -0.4 is 0 Å². The number of carboxylic acid groups (broad SMARTS) is 1. The van der Waals surface area contributed by atoms with Gasteiger partial charge in [0, 0.05) is 23.6 Å². The molecule has 5 nitrogen and oxygen atoms in total. The number of nitrogens with zero attached hydrogens (tertiary/aromatic N) is 2. The third kappa shape index (κ3) is 3.77. The lowest BCUT2D eigenvalue weighted by atomic mass is 10.0. The predicted molar refractivity (Wildman–Crippen MR) is 93.4 cm³/mol. The van der Waals surface area contributed by atoms with Crippen molar-refractivity contribution in [2.75, 3.05) is 25.1 Å². The minimum Gasteiger partial charge on any atom is -0.507 e. The summed E-state index contributed by atoms with van der Waals surface area (Å²) in [7, 11) is 1.78. The van der Waals surface area contributed by atoms with Gasteiger partial charge in [0.1, 0.15) is 16.8 Å². The van der Waals surface area contributed by atoms with Crippen molar-refractivity contribution in [2.45, 2.75) is 18.5 Å². The summed E-state index contributed by atoms with van der Waals surface area (Å²) in [5.41, 5.74) is 0.344. The lowest BCUT2D eigenvalue weighted by molar-refractivity contribution is -0.142. The van der Waals surface area contributed by atoms with E-state index in [2.05, 4.69) is 12.6 Å². The first-order valence-electron chi connectivity index (χ1n) is 6.91. The molecule has 1 aliphatic heterocycles. The Balaban J connectivity index is 2.16. The first-order valence-corrected chi connectivity index (χ1v) is 8.53. The highest BCUT2D eigenvalue weighted by Gasteiger charge is 2.35. The summed E-state index contributed by atoms with van der Waals surface area (Å²) in [5.74, 6) is 0.340. The highest BCUT2D eigenvalue weighted by atomic mass is 32.2. The van der Waals surface area contributed by atoms with E-state index in [1.54, 1.807) is 35.8 Å². The average molecular weight is 340 g/mol. The minimum atomic E-state index is -0.878. The highest BCUT2D eigenvalue weighted by molar-refractivity contribution is 8.14. The fourth-order valence-electron chi connectivity index (χ4n) is 2.46. The van der Waals surface area contributed by atoms with Gasteiger partial charge in [-0.2, -0.15) is 12.6 Å². The van der Waals surface area contributed by atoms with Crippen LogP contribution in [0.25, 0.3) is 0 Å². The van der Waals surface area contributed by atoms with Crippen LogP contribution in [0.2, 0.25) is 0 Å². The van der Waals surface area contributed by atoms with Crippen LogP contribution >= 0.6 is 24.4 Å². The molecule has 120 valence electrons. The van der Waals surface area contributed by atoms with E-state index in [-0.39, 0.29) is 17.0 Å². The fraction of sp³-hybridized carbons (Fsp3) is 0.467. The van der Waals surface area contributed by atoms with Crippen molar-refractivity contribution in [1.82, 2.24) is 4.90 Å². The molecule has 0 saturated heterocycles. The Kier molecular flexibility index (Phi) is 5.41. The molecule has 2 atom stereocenters. The summed E-state index contributed by atoms with van der Waals surface area (Å²) >= 11 is 5.69. The normalized spacial score (nSPS) is 22.6. The number of phenols is 1. The molecule has 1 aromatic rings. The second-order valence-corrected chi connectivity index (χ2v) is 7.00. The van der Waals surface area contributed by atoms with Gasteiger partial charge in [0.05, 0.1) is 5.54 Å². The van der Waals surface area contributed by atoms with Crippen LogP contribution in [0.5, 0.6) is 5.75 Å². The topological polar surface area (TPSA) is 73.1 Å². The van der Waals surface area contributed by atoms with Gasteiger partial charge in [-0.25, -0.2) is 0 Å². The second-order valence-electron chi connectivity index (χ2n) is 5.67. The number of rotatable bonds is 6.